The number of nitrogens with zero attached hydrogens (tertiary/aromatic N) is 4. The van der Waals surface area contributed by atoms with Crippen molar-refractivity contribution in [3.63, 3.8) is 0 Å². The van der Waals surface area contributed by atoms with Gasteiger partial charge in [0.05, 0.1) is 31.7 Å². The van der Waals surface area contributed by atoms with Gasteiger partial charge >= 0.3 is 30.1 Å². The van der Waals surface area contributed by atoms with Crippen molar-refractivity contribution in [1.29, 1.82) is 0 Å². The second kappa shape index (κ2) is 43.4. The smallest absolute Gasteiger partial charge is 0.407 e. The second-order valence-electron chi connectivity index (χ2n) is 32.3. The van der Waals surface area contributed by atoms with Crippen molar-refractivity contribution in [2.75, 3.05) is 105 Å². The number of fused-ring (bicyclic) bond motifs is 6. The number of ether oxygens (including phenoxy) is 5. The lowest BCUT2D eigenvalue weighted by atomic mass is 9.76. The number of esters is 3. The number of benzene rings is 7. The van der Waals surface area contributed by atoms with Gasteiger partial charge < -0.3 is 51.1 Å². The van der Waals surface area contributed by atoms with E-state index in [1.165, 1.54) is 5.56 Å². The number of hydrogen-bond acceptors (Lipinski definition) is 18. The van der Waals surface area contributed by atoms with E-state index in [4.69, 9.17) is 35.2 Å². The van der Waals surface area contributed by atoms with Crippen LogP contribution in [0.1, 0.15) is 172 Å². The molecular weight excluding hydrogens is 1450 g/mol. The van der Waals surface area contributed by atoms with Gasteiger partial charge in [-0.1, -0.05) is 202 Å². The number of carbonyl (C=O) groups excluding carboxylic acids is 8. The molecule has 1 heterocycles. The first-order valence-electron chi connectivity index (χ1n) is 39.5. The second-order valence-corrected chi connectivity index (χ2v) is 32.3. The summed E-state index contributed by atoms with van der Waals surface area (Å²) in [6.07, 6.45) is 1.77. The minimum absolute atomic E-state index is 0. The van der Waals surface area contributed by atoms with Crippen LogP contribution in [0.3, 0.4) is 0 Å². The topological polar surface area (TPSA) is 296 Å². The number of nitrogens with one attached hydrogen (secondary N) is 4. The minimum atomic E-state index is -0.949. The molecule has 10 rings (SSSR count). The first kappa shape index (κ1) is 91.9. The zero-order valence-corrected chi connectivity index (χ0v) is 67.4. The third kappa shape index (κ3) is 28.0. The van der Waals surface area contributed by atoms with Crippen molar-refractivity contribution < 1.29 is 62.0 Å². The van der Waals surface area contributed by atoms with E-state index >= 15 is 0 Å². The van der Waals surface area contributed by atoms with Crippen LogP contribution in [0.15, 0.2) is 182 Å². The Hall–Kier alpha value is -10.3. The Morgan fingerprint density at radius 2 is 0.687 bits per heavy atom. The largest absolute Gasteiger partial charge is 0.459 e. The molecule has 0 unspecified atom stereocenters. The lowest BCUT2D eigenvalue weighted by Gasteiger charge is -2.37. The number of amides is 5. The molecule has 0 bridgehead atoms. The standard InChI is InChI=1S/C49H75N7O10.C41H41N3O3.2CH4/c1-47(2,3)64-42(58)31-54-24-22-53(23-25-55(32-43(59)65-48(4,5)6)27-29-56(28-26-54)33-44(60)66-49(7,8)9)30-41(57)51-21-15-14-20-40(45(50)61)52-46(62)63-34-39-37-18-12-10-16-35(37)36-17-11-13-19-38(36)39;1-29-23-25-32(26-24-29)41(30-14-4-2-5-15-30,31-16-6-3-7-17-31)43-27-13-12-22-38(39(42)45)44-40(46)47-28-37-35-20-10-8-18-33(35)34-19-9-11-21-36(34)37;;/h10-13,16-19,39-40H,14-15,20-34H2,1-9H3,(H2,50,61)(H,51,57)(H,52,62);2-11,14-21,23-26,37-38,43H,12-13,22,27-28H2,1H3,(H2,42,45)(H,44,46);2*1H4/t40-;38-;;/m00../s1. The summed E-state index contributed by atoms with van der Waals surface area (Å²) in [4.78, 5) is 111. The maximum atomic E-state index is 13.4. The monoisotopic (exact) mass is 1580 g/mol. The van der Waals surface area contributed by atoms with Gasteiger partial charge in [0, 0.05) is 70.7 Å². The molecule has 2 atom stereocenters. The number of carbonyl (C=O) groups is 8. The maximum absolute atomic E-state index is 13.4. The van der Waals surface area contributed by atoms with E-state index in [9.17, 15) is 38.4 Å². The van der Waals surface area contributed by atoms with Crippen molar-refractivity contribution in [1.82, 2.24) is 40.9 Å². The number of aryl methyl sites for hydroxylation is 1. The molecular formula is C92H124N10O13. The average molecular weight is 1580 g/mol. The van der Waals surface area contributed by atoms with Gasteiger partial charge in [0.2, 0.25) is 17.7 Å². The van der Waals surface area contributed by atoms with E-state index in [2.05, 4.69) is 137 Å². The quantitative estimate of drug-likeness (QED) is 0.0106. The van der Waals surface area contributed by atoms with E-state index < -0.39 is 58.4 Å². The van der Waals surface area contributed by atoms with Crippen LogP contribution in [0.2, 0.25) is 0 Å². The summed E-state index contributed by atoms with van der Waals surface area (Å²) < 4.78 is 28.2. The highest BCUT2D eigenvalue weighted by molar-refractivity contribution is 5.86. The molecule has 5 amide bonds. The van der Waals surface area contributed by atoms with Crippen LogP contribution in [0, 0.1) is 6.92 Å². The maximum Gasteiger partial charge on any atom is 0.407 e. The van der Waals surface area contributed by atoms with Gasteiger partial charge in [-0.25, -0.2) is 9.59 Å². The number of alkyl carbamates (subject to hydrolysis) is 2. The van der Waals surface area contributed by atoms with E-state index in [0.717, 1.165) is 67.6 Å². The molecule has 23 heteroatoms. The van der Waals surface area contributed by atoms with Gasteiger partial charge in [0.15, 0.2) is 0 Å². The summed E-state index contributed by atoms with van der Waals surface area (Å²) in [5, 5.41) is 12.2. The summed E-state index contributed by atoms with van der Waals surface area (Å²) in [6.45, 7) is 23.2. The Morgan fingerprint density at radius 1 is 0.391 bits per heavy atom. The van der Waals surface area contributed by atoms with E-state index in [0.29, 0.717) is 91.1 Å². The molecule has 1 fully saturated rings. The van der Waals surface area contributed by atoms with E-state index in [1.54, 1.807) is 0 Å². The molecule has 7 aromatic carbocycles. The van der Waals surface area contributed by atoms with Crippen LogP contribution in [-0.2, 0) is 58.0 Å². The molecule has 620 valence electrons. The van der Waals surface area contributed by atoms with Gasteiger partial charge in [-0.3, -0.25) is 53.7 Å². The predicted molar refractivity (Wildman–Crippen MR) is 452 cm³/mol. The molecule has 3 aliphatic rings. The van der Waals surface area contributed by atoms with Gasteiger partial charge in [-0.15, -0.1) is 0 Å². The Bertz CT molecular complexity index is 4140. The molecule has 0 radical (unpaired) electrons. The predicted octanol–water partition coefficient (Wildman–Crippen LogP) is 12.6. The van der Waals surface area contributed by atoms with Crippen molar-refractivity contribution in [3.8, 4) is 22.3 Å². The number of rotatable bonds is 30. The van der Waals surface area contributed by atoms with E-state index in [-0.39, 0.29) is 96.3 Å². The highest BCUT2D eigenvalue weighted by Gasteiger charge is 2.37. The number of unbranched alkanes of at least 4 members (excludes halogenated alkanes) is 2. The highest BCUT2D eigenvalue weighted by Crippen LogP contribution is 2.46. The number of primary amides is 2. The summed E-state index contributed by atoms with van der Waals surface area (Å²) in [6, 6.07) is 60.2. The third-order valence-electron chi connectivity index (χ3n) is 20.0. The SMILES string of the molecule is C.C.CC(C)(C)OC(=O)CN1CCN(CC(=O)NCCCC[C@H](NC(=O)OCC2c3ccccc3-c3ccccc32)C(N)=O)CCN(CC(=O)OC(C)(C)C)CCN(CC(=O)OC(C)(C)C)CC1.Cc1ccc(C(NCCCC[C@H](NC(=O)OCC2c3ccccc3-c3ccccc32)C(N)=O)(c2ccccc2)c2ccccc2)cc1. The molecule has 0 aromatic heterocycles. The molecule has 0 saturated carbocycles. The molecule has 1 saturated heterocycles. The summed E-state index contributed by atoms with van der Waals surface area (Å²) in [7, 11) is 0. The van der Waals surface area contributed by atoms with Gasteiger partial charge in [-0.05, 0) is 176 Å². The molecule has 1 aliphatic heterocycles. The van der Waals surface area contributed by atoms with Crippen LogP contribution in [0.25, 0.3) is 22.3 Å². The Morgan fingerprint density at radius 3 is 1.01 bits per heavy atom. The summed E-state index contributed by atoms with van der Waals surface area (Å²) in [5.74, 6) is -2.80. The molecule has 115 heavy (non-hydrogen) atoms. The first-order valence-corrected chi connectivity index (χ1v) is 39.5. The molecule has 7 aromatic rings. The fourth-order valence-corrected chi connectivity index (χ4v) is 14.7. The minimum Gasteiger partial charge on any atom is -0.459 e. The summed E-state index contributed by atoms with van der Waals surface area (Å²) >= 11 is 0. The Labute approximate surface area is 681 Å². The number of hydrogen-bond donors (Lipinski definition) is 6. The van der Waals surface area contributed by atoms with Crippen LogP contribution < -0.4 is 32.7 Å². The van der Waals surface area contributed by atoms with Crippen LogP contribution >= 0.6 is 0 Å². The van der Waals surface area contributed by atoms with Crippen molar-refractivity contribution >= 4 is 47.8 Å². The van der Waals surface area contributed by atoms with E-state index in [1.807, 2.05) is 155 Å². The fourth-order valence-electron chi connectivity index (χ4n) is 14.7. The van der Waals surface area contributed by atoms with Gasteiger partial charge in [0.1, 0.15) is 42.1 Å². The average Bonchev–Trinajstić information content (AvgIpc) is 1.66. The van der Waals surface area contributed by atoms with Crippen molar-refractivity contribution in [2.24, 2.45) is 11.5 Å². The molecule has 0 spiro atoms. The van der Waals surface area contributed by atoms with Crippen LogP contribution in [0.5, 0.6) is 0 Å². The zero-order chi connectivity index (χ0) is 81.3. The van der Waals surface area contributed by atoms with Gasteiger partial charge in [-0.2, -0.15) is 0 Å². The lowest BCUT2D eigenvalue weighted by molar-refractivity contribution is -0.158. The Balaban J connectivity index is 0.000000329. The van der Waals surface area contributed by atoms with Crippen molar-refractivity contribution in [3.05, 3.63) is 226 Å². The zero-order valence-electron chi connectivity index (χ0n) is 67.4. The van der Waals surface area contributed by atoms with Crippen LogP contribution in [0.4, 0.5) is 9.59 Å². The lowest BCUT2D eigenvalue weighted by Crippen LogP contribution is -2.50. The fraction of sp³-hybridized carbons (Fsp3) is 0.457. The normalized spacial score (nSPS) is 14.9. The third-order valence-corrected chi connectivity index (χ3v) is 20.0. The summed E-state index contributed by atoms with van der Waals surface area (Å²) in [5.41, 5.74) is 22.4. The molecule has 2 aliphatic carbocycles. The molecule has 23 nitrogen and oxygen atoms in total. The highest BCUT2D eigenvalue weighted by atomic mass is 16.6. The van der Waals surface area contributed by atoms with Crippen molar-refractivity contribution in [2.45, 2.75) is 169 Å². The van der Waals surface area contributed by atoms with Gasteiger partial charge in [0.25, 0.3) is 0 Å². The van der Waals surface area contributed by atoms with Crippen LogP contribution in [-0.4, -0.2) is 201 Å². The first-order chi connectivity index (χ1) is 53.9. The Kier molecular flexibility index (Phi) is 34.7. The molecule has 8 N–H and O–H groups in total. The number of nitrogens with two attached hydrogens (primary N) is 2.